The number of esters is 1. The van der Waals surface area contributed by atoms with Crippen molar-refractivity contribution in [2.75, 3.05) is 7.11 Å². The Morgan fingerprint density at radius 1 is 1.22 bits per heavy atom. The second-order valence-corrected chi connectivity index (χ2v) is 6.77. The average Bonchev–Trinajstić information content (AvgIpc) is 3.22. The Bertz CT molecular complexity index is 783. The summed E-state index contributed by atoms with van der Waals surface area (Å²) in [6.07, 6.45) is 0.625. The van der Waals surface area contributed by atoms with E-state index >= 15 is 0 Å². The fourth-order valence-electron chi connectivity index (χ4n) is 1.94. The molecule has 1 aromatic carbocycles. The fourth-order valence-corrected chi connectivity index (χ4v) is 3.69. The fraction of sp³-hybridized carbons (Fsp3) is 0.188. The molecule has 0 aliphatic rings. The van der Waals surface area contributed by atoms with Gasteiger partial charge in [0.15, 0.2) is 0 Å². The van der Waals surface area contributed by atoms with E-state index in [-0.39, 0.29) is 5.97 Å². The number of rotatable bonds is 6. The SMILES string of the molecule is COC(=O)c1ccc(CSc2nnc(Cc3ccccc3)o2)s1. The molecule has 0 atom stereocenters. The zero-order chi connectivity index (χ0) is 16.1. The van der Waals surface area contributed by atoms with Crippen LogP contribution in [-0.2, 0) is 16.9 Å². The van der Waals surface area contributed by atoms with E-state index < -0.39 is 0 Å². The minimum atomic E-state index is -0.311. The Morgan fingerprint density at radius 2 is 2.04 bits per heavy atom. The van der Waals surface area contributed by atoms with Gasteiger partial charge in [-0.05, 0) is 17.7 Å². The molecule has 118 valence electrons. The molecule has 0 bridgehead atoms. The molecule has 0 spiro atoms. The van der Waals surface area contributed by atoms with Crippen molar-refractivity contribution in [3.63, 3.8) is 0 Å². The number of ether oxygens (including phenoxy) is 1. The summed E-state index contributed by atoms with van der Waals surface area (Å²) in [5, 5.41) is 8.64. The first kappa shape index (κ1) is 15.8. The summed E-state index contributed by atoms with van der Waals surface area (Å²) in [5.74, 6) is 0.962. The van der Waals surface area contributed by atoms with Gasteiger partial charge in [0.1, 0.15) is 4.88 Å². The number of thioether (sulfide) groups is 1. The van der Waals surface area contributed by atoms with Gasteiger partial charge in [-0.15, -0.1) is 21.5 Å². The van der Waals surface area contributed by atoms with Crippen molar-refractivity contribution in [1.29, 1.82) is 0 Å². The number of hydrogen-bond acceptors (Lipinski definition) is 7. The lowest BCUT2D eigenvalue weighted by atomic mass is 10.2. The average molecular weight is 346 g/mol. The van der Waals surface area contributed by atoms with Crippen LogP contribution in [0.5, 0.6) is 0 Å². The molecule has 0 amide bonds. The lowest BCUT2D eigenvalue weighted by Gasteiger charge is -1.95. The number of hydrogen-bond donors (Lipinski definition) is 0. The second-order valence-electron chi connectivity index (χ2n) is 4.67. The van der Waals surface area contributed by atoms with E-state index in [1.165, 1.54) is 30.2 Å². The van der Waals surface area contributed by atoms with E-state index in [2.05, 4.69) is 10.2 Å². The standard InChI is InChI=1S/C16H14N2O3S2/c1-20-15(19)13-8-7-12(23-13)10-22-16-18-17-14(21-16)9-11-5-3-2-4-6-11/h2-8H,9-10H2,1H3. The number of carbonyl (C=O) groups excluding carboxylic acids is 1. The van der Waals surface area contributed by atoms with Crippen molar-refractivity contribution in [2.24, 2.45) is 0 Å². The van der Waals surface area contributed by atoms with E-state index in [1.54, 1.807) is 6.07 Å². The molecule has 2 heterocycles. The van der Waals surface area contributed by atoms with Crippen LogP contribution in [0.4, 0.5) is 0 Å². The van der Waals surface area contributed by atoms with Crippen molar-refractivity contribution in [2.45, 2.75) is 17.4 Å². The summed E-state index contributed by atoms with van der Waals surface area (Å²) in [6.45, 7) is 0. The molecule has 3 aromatic rings. The van der Waals surface area contributed by atoms with Crippen LogP contribution in [0.25, 0.3) is 0 Å². The molecule has 0 radical (unpaired) electrons. The summed E-state index contributed by atoms with van der Waals surface area (Å²) in [7, 11) is 1.38. The minimum absolute atomic E-state index is 0.311. The number of thiophene rings is 1. The molecule has 2 aromatic heterocycles. The normalized spacial score (nSPS) is 10.7. The highest BCUT2D eigenvalue weighted by Gasteiger charge is 2.11. The first-order chi connectivity index (χ1) is 11.2. The predicted molar refractivity (Wildman–Crippen MR) is 88.8 cm³/mol. The molecule has 0 fully saturated rings. The summed E-state index contributed by atoms with van der Waals surface area (Å²) in [6, 6.07) is 13.7. The van der Waals surface area contributed by atoms with E-state index in [4.69, 9.17) is 9.15 Å². The van der Waals surface area contributed by atoms with Crippen LogP contribution < -0.4 is 0 Å². The van der Waals surface area contributed by atoms with Crippen molar-refractivity contribution in [1.82, 2.24) is 10.2 Å². The third kappa shape index (κ3) is 4.20. The minimum Gasteiger partial charge on any atom is -0.465 e. The van der Waals surface area contributed by atoms with Gasteiger partial charge in [0.05, 0.1) is 13.5 Å². The van der Waals surface area contributed by atoms with Crippen molar-refractivity contribution in [3.8, 4) is 0 Å². The maximum Gasteiger partial charge on any atom is 0.348 e. The molecule has 0 saturated carbocycles. The lowest BCUT2D eigenvalue weighted by Crippen LogP contribution is -1.96. The first-order valence-corrected chi connectivity index (χ1v) is 8.71. The molecule has 0 unspecified atom stereocenters. The largest absolute Gasteiger partial charge is 0.465 e. The monoisotopic (exact) mass is 346 g/mol. The topological polar surface area (TPSA) is 65.2 Å². The Morgan fingerprint density at radius 3 is 2.83 bits per heavy atom. The molecule has 7 heteroatoms. The number of aromatic nitrogens is 2. The molecule has 23 heavy (non-hydrogen) atoms. The lowest BCUT2D eigenvalue weighted by molar-refractivity contribution is 0.0606. The van der Waals surface area contributed by atoms with Gasteiger partial charge < -0.3 is 9.15 Å². The molecule has 0 N–H and O–H groups in total. The van der Waals surface area contributed by atoms with Gasteiger partial charge in [0.2, 0.25) is 5.89 Å². The van der Waals surface area contributed by atoms with Gasteiger partial charge in [-0.3, -0.25) is 0 Å². The zero-order valence-corrected chi connectivity index (χ0v) is 14.0. The molecular weight excluding hydrogens is 332 g/mol. The highest BCUT2D eigenvalue weighted by Crippen LogP contribution is 2.26. The van der Waals surface area contributed by atoms with Crippen LogP contribution in [0.3, 0.4) is 0 Å². The number of nitrogens with zero attached hydrogens (tertiary/aromatic N) is 2. The predicted octanol–water partition coefficient (Wildman–Crippen LogP) is 3.80. The van der Waals surface area contributed by atoms with Crippen LogP contribution >= 0.6 is 23.1 Å². The smallest absolute Gasteiger partial charge is 0.348 e. The molecular formula is C16H14N2O3S2. The van der Waals surface area contributed by atoms with E-state index in [0.29, 0.717) is 28.2 Å². The van der Waals surface area contributed by atoms with Crippen LogP contribution in [0, 0.1) is 0 Å². The maximum absolute atomic E-state index is 11.4. The highest BCUT2D eigenvalue weighted by atomic mass is 32.2. The summed E-state index contributed by atoms with van der Waals surface area (Å²) in [5.41, 5.74) is 1.13. The summed E-state index contributed by atoms with van der Waals surface area (Å²) >= 11 is 2.86. The third-order valence-corrected chi connectivity index (χ3v) is 5.15. The van der Waals surface area contributed by atoms with Gasteiger partial charge in [-0.25, -0.2) is 4.79 Å². The number of benzene rings is 1. The Kier molecular flexibility index (Phi) is 5.09. The highest BCUT2D eigenvalue weighted by molar-refractivity contribution is 7.98. The van der Waals surface area contributed by atoms with Crippen molar-refractivity contribution in [3.05, 3.63) is 63.7 Å². The summed E-state index contributed by atoms with van der Waals surface area (Å²) in [4.78, 5) is 13.1. The Hall–Kier alpha value is -2.12. The Labute approximate surface area is 141 Å². The van der Waals surface area contributed by atoms with E-state index in [1.807, 2.05) is 36.4 Å². The van der Waals surface area contributed by atoms with Crippen molar-refractivity contribution < 1.29 is 13.9 Å². The van der Waals surface area contributed by atoms with Gasteiger partial charge in [0.25, 0.3) is 5.22 Å². The summed E-state index contributed by atoms with van der Waals surface area (Å²) < 4.78 is 10.3. The van der Waals surface area contributed by atoms with E-state index in [0.717, 1.165) is 10.4 Å². The van der Waals surface area contributed by atoms with Crippen LogP contribution in [0.2, 0.25) is 0 Å². The molecule has 0 aliphatic heterocycles. The van der Waals surface area contributed by atoms with E-state index in [9.17, 15) is 4.79 Å². The van der Waals surface area contributed by atoms with Crippen molar-refractivity contribution >= 4 is 29.1 Å². The van der Waals surface area contributed by atoms with Gasteiger partial charge in [-0.1, -0.05) is 42.1 Å². The maximum atomic E-state index is 11.4. The zero-order valence-electron chi connectivity index (χ0n) is 12.4. The Balaban J connectivity index is 1.57. The molecule has 0 aliphatic carbocycles. The molecule has 5 nitrogen and oxygen atoms in total. The second kappa shape index (κ2) is 7.43. The van der Waals surface area contributed by atoms with Crippen LogP contribution in [0.1, 0.15) is 26.0 Å². The molecule has 3 rings (SSSR count). The van der Waals surface area contributed by atoms with Crippen LogP contribution in [-0.4, -0.2) is 23.3 Å². The first-order valence-electron chi connectivity index (χ1n) is 6.91. The molecule has 0 saturated heterocycles. The van der Waals surface area contributed by atoms with Gasteiger partial charge in [0, 0.05) is 10.6 Å². The number of methoxy groups -OCH3 is 1. The quantitative estimate of drug-likeness (QED) is 0.500. The number of carbonyl (C=O) groups is 1. The van der Waals surface area contributed by atoms with Gasteiger partial charge in [-0.2, -0.15) is 0 Å². The third-order valence-electron chi connectivity index (χ3n) is 3.03. The van der Waals surface area contributed by atoms with Gasteiger partial charge >= 0.3 is 5.97 Å². The van der Waals surface area contributed by atoms with Crippen LogP contribution in [0.15, 0.2) is 52.1 Å².